The number of rotatable bonds is 3. The van der Waals surface area contributed by atoms with E-state index in [9.17, 15) is 4.79 Å². The van der Waals surface area contributed by atoms with Crippen LogP contribution >= 0.6 is 0 Å². The quantitative estimate of drug-likeness (QED) is 0.736. The minimum absolute atomic E-state index is 0.328. The van der Waals surface area contributed by atoms with E-state index in [1.54, 1.807) is 0 Å². The number of carbonyl (C=O) groups excluding carboxylic acids is 1. The van der Waals surface area contributed by atoms with Crippen LogP contribution in [0.15, 0.2) is 60.2 Å². The summed E-state index contributed by atoms with van der Waals surface area (Å²) in [7, 11) is 0. The lowest BCUT2D eigenvalue weighted by Gasteiger charge is -2.12. The topological polar surface area (TPSA) is 17.1 Å². The van der Waals surface area contributed by atoms with E-state index in [4.69, 9.17) is 0 Å². The van der Waals surface area contributed by atoms with Crippen molar-refractivity contribution in [2.24, 2.45) is 0 Å². The second-order valence-electron chi connectivity index (χ2n) is 5.71. The molecule has 0 heterocycles. The zero-order chi connectivity index (χ0) is 14.5. The third-order valence-corrected chi connectivity index (χ3v) is 4.00. The van der Waals surface area contributed by atoms with Crippen LogP contribution in [0.3, 0.4) is 0 Å². The Bertz CT molecular complexity index is 653. The zero-order valence-corrected chi connectivity index (χ0v) is 12.2. The van der Waals surface area contributed by atoms with Crippen LogP contribution in [-0.2, 0) is 11.2 Å². The van der Waals surface area contributed by atoms with E-state index in [0.29, 0.717) is 5.78 Å². The number of ketones is 1. The highest BCUT2D eigenvalue weighted by atomic mass is 16.1. The maximum atomic E-state index is 11.9. The van der Waals surface area contributed by atoms with Crippen LogP contribution in [0.2, 0.25) is 0 Å². The molecule has 0 atom stereocenters. The molecule has 0 N–H and O–H groups in total. The van der Waals surface area contributed by atoms with Crippen LogP contribution < -0.4 is 0 Å². The molecule has 0 saturated heterocycles. The van der Waals surface area contributed by atoms with Gasteiger partial charge in [0.2, 0.25) is 0 Å². The van der Waals surface area contributed by atoms with E-state index in [2.05, 4.69) is 54.6 Å². The van der Waals surface area contributed by atoms with Gasteiger partial charge in [-0.1, -0.05) is 54.6 Å². The fourth-order valence-electron chi connectivity index (χ4n) is 2.88. The number of allylic oxidation sites excluding steroid dienone is 1. The lowest BCUT2D eigenvalue weighted by atomic mass is 9.91. The second kappa shape index (κ2) is 6.53. The maximum absolute atomic E-state index is 11.9. The normalized spacial score (nSPS) is 17.1. The smallest absolute Gasteiger partial charge is 0.158 e. The largest absolute Gasteiger partial charge is 0.295 e. The van der Waals surface area contributed by atoms with Gasteiger partial charge in [-0.15, -0.1) is 0 Å². The summed E-state index contributed by atoms with van der Waals surface area (Å²) < 4.78 is 0. The van der Waals surface area contributed by atoms with Crippen LogP contribution in [0.1, 0.15) is 42.4 Å². The summed E-state index contributed by atoms with van der Waals surface area (Å²) in [6, 6.07) is 19.0. The molecule has 0 amide bonds. The summed E-state index contributed by atoms with van der Waals surface area (Å²) in [6.45, 7) is 0. The van der Waals surface area contributed by atoms with E-state index in [1.165, 1.54) is 11.1 Å². The van der Waals surface area contributed by atoms with Gasteiger partial charge in [0.05, 0.1) is 0 Å². The highest BCUT2D eigenvalue weighted by molar-refractivity contribution is 6.00. The Hall–Kier alpha value is -2.15. The van der Waals surface area contributed by atoms with Gasteiger partial charge in [0.15, 0.2) is 5.78 Å². The van der Waals surface area contributed by atoms with Crippen LogP contribution in [0.5, 0.6) is 0 Å². The first-order chi connectivity index (χ1) is 10.3. The minimum Gasteiger partial charge on any atom is -0.295 e. The average Bonchev–Trinajstić information content (AvgIpc) is 2.51. The van der Waals surface area contributed by atoms with Crippen molar-refractivity contribution in [1.82, 2.24) is 0 Å². The van der Waals surface area contributed by atoms with Crippen molar-refractivity contribution in [3.63, 3.8) is 0 Å². The third kappa shape index (κ3) is 3.69. The van der Waals surface area contributed by atoms with Crippen molar-refractivity contribution in [2.45, 2.75) is 32.1 Å². The summed E-state index contributed by atoms with van der Waals surface area (Å²) >= 11 is 0. The van der Waals surface area contributed by atoms with Crippen molar-refractivity contribution in [2.75, 3.05) is 0 Å². The molecule has 0 unspecified atom stereocenters. The molecule has 3 rings (SSSR count). The Kier molecular flexibility index (Phi) is 4.30. The van der Waals surface area contributed by atoms with Crippen LogP contribution in [0.25, 0.3) is 6.08 Å². The van der Waals surface area contributed by atoms with E-state index in [-0.39, 0.29) is 0 Å². The number of hydrogen-bond acceptors (Lipinski definition) is 1. The summed E-state index contributed by atoms with van der Waals surface area (Å²) in [5.41, 5.74) is 4.75. The zero-order valence-electron chi connectivity index (χ0n) is 12.2. The van der Waals surface area contributed by atoms with Gasteiger partial charge in [0.1, 0.15) is 0 Å². The molecular formula is C20H20O. The predicted octanol–water partition coefficient (Wildman–Crippen LogP) is 4.80. The fraction of sp³-hybridized carbons (Fsp3) is 0.250. The molecule has 21 heavy (non-hydrogen) atoms. The van der Waals surface area contributed by atoms with Crippen molar-refractivity contribution in [3.05, 3.63) is 76.9 Å². The van der Waals surface area contributed by atoms with Gasteiger partial charge in [-0.3, -0.25) is 4.79 Å². The number of carbonyl (C=O) groups is 1. The number of hydrogen-bond donors (Lipinski definition) is 0. The Morgan fingerprint density at radius 2 is 1.62 bits per heavy atom. The van der Waals surface area contributed by atoms with Crippen molar-refractivity contribution < 1.29 is 4.79 Å². The fourth-order valence-corrected chi connectivity index (χ4v) is 2.88. The van der Waals surface area contributed by atoms with Crippen LogP contribution in [-0.4, -0.2) is 5.78 Å². The molecule has 0 spiro atoms. The molecule has 1 aliphatic rings. The molecule has 0 aromatic heterocycles. The van der Waals surface area contributed by atoms with Crippen molar-refractivity contribution in [1.29, 1.82) is 0 Å². The Balaban J connectivity index is 1.80. The Labute approximate surface area is 126 Å². The number of Topliss-reactive ketones (excluding diaryl/α,β-unsaturated/α-hetero) is 1. The van der Waals surface area contributed by atoms with Gasteiger partial charge < -0.3 is 0 Å². The van der Waals surface area contributed by atoms with Crippen LogP contribution in [0.4, 0.5) is 0 Å². The van der Waals surface area contributed by atoms with Gasteiger partial charge in [0, 0.05) is 6.42 Å². The van der Waals surface area contributed by atoms with Crippen LogP contribution in [0, 0.1) is 0 Å². The summed E-state index contributed by atoms with van der Waals surface area (Å²) in [5, 5.41) is 0. The summed E-state index contributed by atoms with van der Waals surface area (Å²) in [4.78, 5) is 11.9. The number of benzene rings is 2. The van der Waals surface area contributed by atoms with E-state index in [0.717, 1.165) is 43.2 Å². The molecule has 2 aromatic carbocycles. The predicted molar refractivity (Wildman–Crippen MR) is 87.1 cm³/mol. The van der Waals surface area contributed by atoms with Gasteiger partial charge in [0.25, 0.3) is 0 Å². The SMILES string of the molecule is O=C1CCCCC1=Cc1cccc(Cc2ccccc2)c1. The highest BCUT2D eigenvalue weighted by Gasteiger charge is 2.14. The Morgan fingerprint density at radius 3 is 2.43 bits per heavy atom. The summed E-state index contributed by atoms with van der Waals surface area (Å²) in [5.74, 6) is 0.328. The molecule has 0 aliphatic heterocycles. The lowest BCUT2D eigenvalue weighted by Crippen LogP contribution is -2.07. The molecule has 1 saturated carbocycles. The molecule has 1 nitrogen and oxygen atoms in total. The Morgan fingerprint density at radius 1 is 0.857 bits per heavy atom. The van der Waals surface area contributed by atoms with E-state index in [1.807, 2.05) is 6.07 Å². The minimum atomic E-state index is 0.328. The van der Waals surface area contributed by atoms with Gasteiger partial charge in [-0.25, -0.2) is 0 Å². The molecule has 1 aliphatic carbocycles. The molecule has 0 bridgehead atoms. The third-order valence-electron chi connectivity index (χ3n) is 4.00. The first-order valence-electron chi connectivity index (χ1n) is 7.68. The second-order valence-corrected chi connectivity index (χ2v) is 5.71. The highest BCUT2D eigenvalue weighted by Crippen LogP contribution is 2.22. The summed E-state index contributed by atoms with van der Waals surface area (Å²) in [6.07, 6.45) is 6.85. The first-order valence-corrected chi connectivity index (χ1v) is 7.68. The van der Waals surface area contributed by atoms with Gasteiger partial charge in [-0.2, -0.15) is 0 Å². The maximum Gasteiger partial charge on any atom is 0.158 e. The van der Waals surface area contributed by atoms with E-state index < -0.39 is 0 Å². The molecule has 1 heteroatoms. The molecule has 2 aromatic rings. The van der Waals surface area contributed by atoms with Gasteiger partial charge in [-0.05, 0) is 54.0 Å². The standard InChI is InChI=1S/C20H20O/c21-20-12-5-4-11-19(20)15-18-10-6-9-17(14-18)13-16-7-2-1-3-8-16/h1-3,6-10,14-15H,4-5,11-13H2. The molecular weight excluding hydrogens is 256 g/mol. The van der Waals surface area contributed by atoms with Crippen molar-refractivity contribution >= 4 is 11.9 Å². The monoisotopic (exact) mass is 276 g/mol. The van der Waals surface area contributed by atoms with Gasteiger partial charge >= 0.3 is 0 Å². The van der Waals surface area contributed by atoms with Crippen molar-refractivity contribution in [3.8, 4) is 0 Å². The molecule has 106 valence electrons. The first kappa shape index (κ1) is 13.8. The lowest BCUT2D eigenvalue weighted by molar-refractivity contribution is -0.116. The molecule has 0 radical (unpaired) electrons. The molecule has 1 fully saturated rings. The van der Waals surface area contributed by atoms with E-state index >= 15 is 0 Å². The average molecular weight is 276 g/mol.